The standard InChI is InChI=1S/C23H24Cl2N2O4/c24-17-1-5-19(6-2-17)30-13-22(28)26-10-15-9-16-11-27(12-21(15)16)23(29)14-31-20-7-3-18(25)4-8-20/h1-8,15-16,21H,9-14H2,(H,26,28)/t15?,16?,21-/m0/s1. The summed E-state index contributed by atoms with van der Waals surface area (Å²) >= 11 is 11.7. The summed E-state index contributed by atoms with van der Waals surface area (Å²) in [4.78, 5) is 26.5. The first-order valence-electron chi connectivity index (χ1n) is 10.3. The molecule has 1 heterocycles. The summed E-state index contributed by atoms with van der Waals surface area (Å²) in [5, 5.41) is 4.20. The molecule has 8 heteroatoms. The Morgan fingerprint density at radius 2 is 1.48 bits per heavy atom. The normalized spacial score (nSPS) is 21.7. The average molecular weight is 463 g/mol. The zero-order chi connectivity index (χ0) is 21.8. The number of likely N-dealkylation sites (tertiary alicyclic amines) is 1. The van der Waals surface area contributed by atoms with Crippen molar-refractivity contribution in [3.8, 4) is 11.5 Å². The predicted octanol–water partition coefficient (Wildman–Crippen LogP) is 3.66. The highest BCUT2D eigenvalue weighted by Gasteiger charge is 2.47. The lowest BCUT2D eigenvalue weighted by atomic mass is 9.67. The van der Waals surface area contributed by atoms with E-state index in [1.807, 2.05) is 4.90 Å². The topological polar surface area (TPSA) is 67.9 Å². The largest absolute Gasteiger partial charge is 0.484 e. The number of benzene rings is 2. The molecule has 0 spiro atoms. The number of amides is 2. The second-order valence-corrected chi connectivity index (χ2v) is 8.88. The van der Waals surface area contributed by atoms with E-state index in [1.54, 1.807) is 48.5 Å². The van der Waals surface area contributed by atoms with E-state index < -0.39 is 0 Å². The highest BCUT2D eigenvalue weighted by molar-refractivity contribution is 6.30. The first-order chi connectivity index (χ1) is 15.0. The molecule has 31 heavy (non-hydrogen) atoms. The number of nitrogens with one attached hydrogen (secondary N) is 1. The third-order valence-corrected chi connectivity index (χ3v) is 6.48. The zero-order valence-corrected chi connectivity index (χ0v) is 18.4. The second kappa shape index (κ2) is 9.79. The number of hydrogen-bond acceptors (Lipinski definition) is 4. The maximum atomic E-state index is 12.5. The van der Waals surface area contributed by atoms with Crippen molar-refractivity contribution in [1.82, 2.24) is 10.2 Å². The van der Waals surface area contributed by atoms with Gasteiger partial charge in [0.15, 0.2) is 13.2 Å². The highest BCUT2D eigenvalue weighted by Crippen LogP contribution is 2.45. The van der Waals surface area contributed by atoms with E-state index in [2.05, 4.69) is 5.32 Å². The van der Waals surface area contributed by atoms with Crippen LogP contribution in [-0.2, 0) is 9.59 Å². The van der Waals surface area contributed by atoms with Gasteiger partial charge in [-0.05, 0) is 72.7 Å². The summed E-state index contributed by atoms with van der Waals surface area (Å²) in [6.07, 6.45) is 1.02. The Morgan fingerprint density at radius 3 is 2.10 bits per heavy atom. The number of fused-ring (bicyclic) bond motifs is 1. The summed E-state index contributed by atoms with van der Waals surface area (Å²) in [6, 6.07) is 13.9. The summed E-state index contributed by atoms with van der Waals surface area (Å²) < 4.78 is 11.0. The second-order valence-electron chi connectivity index (χ2n) is 8.01. The maximum Gasteiger partial charge on any atom is 0.260 e. The van der Waals surface area contributed by atoms with Crippen LogP contribution in [0.5, 0.6) is 11.5 Å². The minimum Gasteiger partial charge on any atom is -0.484 e. The van der Waals surface area contributed by atoms with Crippen LogP contribution in [0.15, 0.2) is 48.5 Å². The number of hydrogen-bond donors (Lipinski definition) is 1. The highest BCUT2D eigenvalue weighted by atomic mass is 35.5. The van der Waals surface area contributed by atoms with Crippen LogP contribution in [0.2, 0.25) is 10.0 Å². The first-order valence-corrected chi connectivity index (χ1v) is 11.0. The zero-order valence-electron chi connectivity index (χ0n) is 16.9. The molecule has 4 rings (SSSR count). The monoisotopic (exact) mass is 462 g/mol. The Kier molecular flexibility index (Phi) is 6.88. The van der Waals surface area contributed by atoms with E-state index in [0.29, 0.717) is 45.8 Å². The molecule has 0 bridgehead atoms. The fraction of sp³-hybridized carbons (Fsp3) is 0.391. The van der Waals surface area contributed by atoms with Gasteiger partial charge in [0.2, 0.25) is 0 Å². The Labute approximate surface area is 191 Å². The van der Waals surface area contributed by atoms with Crippen molar-refractivity contribution in [3.05, 3.63) is 58.6 Å². The fourth-order valence-electron chi connectivity index (χ4n) is 4.23. The maximum absolute atomic E-state index is 12.5. The molecule has 1 aliphatic heterocycles. The van der Waals surface area contributed by atoms with Crippen molar-refractivity contribution < 1.29 is 19.1 Å². The van der Waals surface area contributed by atoms with E-state index in [-0.39, 0.29) is 25.0 Å². The van der Waals surface area contributed by atoms with Crippen LogP contribution in [-0.4, -0.2) is 49.6 Å². The number of carbonyl (C=O) groups excluding carboxylic acids is 2. The smallest absolute Gasteiger partial charge is 0.260 e. The molecule has 0 radical (unpaired) electrons. The summed E-state index contributed by atoms with van der Waals surface area (Å²) in [7, 11) is 0. The molecule has 164 valence electrons. The minimum atomic E-state index is -0.152. The molecule has 0 aromatic heterocycles. The molecule has 2 aromatic rings. The molecule has 3 atom stereocenters. The average Bonchev–Trinajstić information content (AvgIpc) is 3.10. The quantitative estimate of drug-likeness (QED) is 0.649. The predicted molar refractivity (Wildman–Crippen MR) is 119 cm³/mol. The van der Waals surface area contributed by atoms with E-state index >= 15 is 0 Å². The number of nitrogens with zero attached hydrogens (tertiary/aromatic N) is 1. The van der Waals surface area contributed by atoms with Crippen LogP contribution in [0.25, 0.3) is 0 Å². The molecule has 2 unspecified atom stereocenters. The van der Waals surface area contributed by atoms with Crippen molar-refractivity contribution >= 4 is 35.0 Å². The number of ether oxygens (including phenoxy) is 2. The van der Waals surface area contributed by atoms with Gasteiger partial charge in [-0.25, -0.2) is 0 Å². The molecule has 1 N–H and O–H groups in total. The third-order valence-electron chi connectivity index (χ3n) is 5.98. The lowest BCUT2D eigenvalue weighted by Gasteiger charge is -2.39. The summed E-state index contributed by atoms with van der Waals surface area (Å²) in [5.41, 5.74) is 0. The van der Waals surface area contributed by atoms with E-state index in [9.17, 15) is 9.59 Å². The van der Waals surface area contributed by atoms with Crippen molar-refractivity contribution in [2.75, 3.05) is 32.8 Å². The van der Waals surface area contributed by atoms with Gasteiger partial charge in [-0.2, -0.15) is 0 Å². The Morgan fingerprint density at radius 1 is 0.903 bits per heavy atom. The molecule has 6 nitrogen and oxygen atoms in total. The van der Waals surface area contributed by atoms with Crippen LogP contribution < -0.4 is 14.8 Å². The van der Waals surface area contributed by atoms with Crippen molar-refractivity contribution in [2.45, 2.75) is 6.42 Å². The van der Waals surface area contributed by atoms with Crippen LogP contribution in [0.3, 0.4) is 0 Å². The van der Waals surface area contributed by atoms with E-state index in [0.717, 1.165) is 19.5 Å². The number of halogens is 2. The molecule has 2 amide bonds. The number of carbonyl (C=O) groups is 2. The van der Waals surface area contributed by atoms with Gasteiger partial charge in [-0.3, -0.25) is 9.59 Å². The van der Waals surface area contributed by atoms with Crippen LogP contribution in [0, 0.1) is 17.8 Å². The molecule has 2 aliphatic rings. The van der Waals surface area contributed by atoms with E-state index in [1.165, 1.54) is 0 Å². The van der Waals surface area contributed by atoms with Gasteiger partial charge in [0, 0.05) is 29.7 Å². The van der Waals surface area contributed by atoms with E-state index in [4.69, 9.17) is 32.7 Å². The minimum absolute atomic E-state index is 0.0106. The van der Waals surface area contributed by atoms with Gasteiger partial charge >= 0.3 is 0 Å². The van der Waals surface area contributed by atoms with Gasteiger partial charge < -0.3 is 19.7 Å². The SMILES string of the molecule is O=C(COc1ccc(Cl)cc1)NCC1CC2CN(C(=O)COc3ccc(Cl)cc3)C[C@@H]12. The molecule has 1 saturated heterocycles. The first kappa shape index (κ1) is 21.8. The molecule has 1 saturated carbocycles. The molecule has 2 aromatic carbocycles. The summed E-state index contributed by atoms with van der Waals surface area (Å²) in [6.45, 7) is 2.07. The Hall–Kier alpha value is -2.44. The van der Waals surface area contributed by atoms with Crippen LogP contribution >= 0.6 is 23.2 Å². The Balaban J connectivity index is 1.15. The van der Waals surface area contributed by atoms with Crippen molar-refractivity contribution in [2.24, 2.45) is 17.8 Å². The van der Waals surface area contributed by atoms with Gasteiger partial charge in [-0.15, -0.1) is 0 Å². The van der Waals surface area contributed by atoms with Gasteiger partial charge in [0.25, 0.3) is 11.8 Å². The molecular weight excluding hydrogens is 439 g/mol. The van der Waals surface area contributed by atoms with Gasteiger partial charge in [0.1, 0.15) is 11.5 Å². The van der Waals surface area contributed by atoms with Gasteiger partial charge in [0.05, 0.1) is 0 Å². The Bertz CT molecular complexity index is 920. The summed E-state index contributed by atoms with van der Waals surface area (Å²) in [5.74, 6) is 2.39. The van der Waals surface area contributed by atoms with Crippen molar-refractivity contribution in [1.29, 1.82) is 0 Å². The lowest BCUT2D eigenvalue weighted by molar-refractivity contribution is -0.132. The third kappa shape index (κ3) is 5.63. The lowest BCUT2D eigenvalue weighted by Crippen LogP contribution is -2.44. The van der Waals surface area contributed by atoms with Gasteiger partial charge in [-0.1, -0.05) is 23.2 Å². The number of rotatable bonds is 8. The molecule has 2 fully saturated rings. The van der Waals surface area contributed by atoms with Crippen molar-refractivity contribution in [3.63, 3.8) is 0 Å². The van der Waals surface area contributed by atoms with Crippen LogP contribution in [0.4, 0.5) is 0 Å². The fourth-order valence-corrected chi connectivity index (χ4v) is 4.48. The van der Waals surface area contributed by atoms with Crippen LogP contribution in [0.1, 0.15) is 6.42 Å². The molecule has 1 aliphatic carbocycles. The molecular formula is C23H24Cl2N2O4.